The summed E-state index contributed by atoms with van der Waals surface area (Å²) in [6.07, 6.45) is -0.645. The van der Waals surface area contributed by atoms with Gasteiger partial charge in [-0.15, -0.1) is 0 Å². The Bertz CT molecular complexity index is 1230. The minimum Gasteiger partial charge on any atom is -0.496 e. The molecule has 0 bridgehead atoms. The minimum atomic E-state index is -2.72. The van der Waals surface area contributed by atoms with Gasteiger partial charge in [-0.25, -0.2) is 22.9 Å². The molecule has 0 atom stereocenters. The third kappa shape index (κ3) is 5.31. The molecule has 4 rings (SSSR count). The molecule has 7 nitrogen and oxygen atoms in total. The fraction of sp³-hybridized carbons (Fsp3) is 0.320. The smallest absolute Gasteiger partial charge is 0.357 e. The van der Waals surface area contributed by atoms with Crippen molar-refractivity contribution in [3.63, 3.8) is 0 Å². The van der Waals surface area contributed by atoms with E-state index in [-0.39, 0.29) is 43.0 Å². The second-order valence-corrected chi connectivity index (χ2v) is 8.25. The van der Waals surface area contributed by atoms with Crippen molar-refractivity contribution in [1.82, 2.24) is 15.3 Å². The van der Waals surface area contributed by atoms with Crippen molar-refractivity contribution in [1.29, 1.82) is 0 Å². The van der Waals surface area contributed by atoms with Crippen LogP contribution in [-0.4, -0.2) is 41.5 Å². The van der Waals surface area contributed by atoms with Crippen molar-refractivity contribution in [2.24, 2.45) is 0 Å². The van der Waals surface area contributed by atoms with Crippen LogP contribution in [0.5, 0.6) is 5.75 Å². The lowest BCUT2D eigenvalue weighted by Crippen LogP contribution is -2.34. The van der Waals surface area contributed by atoms with Crippen LogP contribution in [0.2, 0.25) is 0 Å². The van der Waals surface area contributed by atoms with Crippen molar-refractivity contribution in [3.8, 4) is 17.0 Å². The van der Waals surface area contributed by atoms with Gasteiger partial charge in [-0.05, 0) is 30.7 Å². The number of aromatic nitrogens is 2. The van der Waals surface area contributed by atoms with E-state index < -0.39 is 29.5 Å². The van der Waals surface area contributed by atoms with Crippen molar-refractivity contribution in [2.45, 2.75) is 38.2 Å². The molecule has 2 N–H and O–H groups in total. The van der Waals surface area contributed by atoms with Gasteiger partial charge in [-0.1, -0.05) is 24.3 Å². The normalized spacial score (nSPS) is 14.8. The highest BCUT2D eigenvalue weighted by atomic mass is 19.3. The number of amides is 1. The number of halogens is 3. The van der Waals surface area contributed by atoms with Gasteiger partial charge in [-0.2, -0.15) is 0 Å². The Morgan fingerprint density at radius 2 is 1.89 bits per heavy atom. The van der Waals surface area contributed by atoms with Crippen LogP contribution in [-0.2, 0) is 11.3 Å². The first-order valence-corrected chi connectivity index (χ1v) is 11.1. The maximum atomic E-state index is 13.6. The summed E-state index contributed by atoms with van der Waals surface area (Å²) in [6, 6.07) is 10.6. The summed E-state index contributed by atoms with van der Waals surface area (Å²) < 4.78 is 50.4. The molecule has 0 saturated heterocycles. The Hall–Kier alpha value is -3.82. The van der Waals surface area contributed by atoms with Crippen molar-refractivity contribution in [3.05, 3.63) is 70.9 Å². The summed E-state index contributed by atoms with van der Waals surface area (Å²) >= 11 is 0. The zero-order chi connectivity index (χ0) is 25.2. The number of nitrogens with zero attached hydrogens (tertiary/aromatic N) is 1. The number of carbonyl (C=O) groups is 2. The molecule has 184 valence electrons. The average molecular weight is 487 g/mol. The van der Waals surface area contributed by atoms with Gasteiger partial charge in [0, 0.05) is 30.9 Å². The van der Waals surface area contributed by atoms with Crippen LogP contribution in [0.3, 0.4) is 0 Å². The van der Waals surface area contributed by atoms with Gasteiger partial charge in [-0.3, -0.25) is 4.79 Å². The van der Waals surface area contributed by atoms with Crippen molar-refractivity contribution < 1.29 is 32.2 Å². The average Bonchev–Trinajstić information content (AvgIpc) is 3.26. The SMILES string of the molecule is CCOC(=O)c1[nH]c(C2CC(F)(F)C2)nc1-c1ccc(CNC(=O)c2cc(F)ccc2OC)cc1. The number of imidazole rings is 1. The van der Waals surface area contributed by atoms with Crippen LogP contribution in [0.4, 0.5) is 13.2 Å². The molecule has 1 aliphatic carbocycles. The minimum absolute atomic E-state index is 0.0776. The molecular formula is C25H24F3N3O4. The molecule has 1 saturated carbocycles. The topological polar surface area (TPSA) is 93.3 Å². The quantitative estimate of drug-likeness (QED) is 0.444. The number of hydrogen-bond donors (Lipinski definition) is 2. The summed E-state index contributed by atoms with van der Waals surface area (Å²) in [5, 5.41) is 2.71. The van der Waals surface area contributed by atoms with Gasteiger partial charge in [0.2, 0.25) is 5.92 Å². The lowest BCUT2D eigenvalue weighted by atomic mass is 9.81. The highest BCUT2D eigenvalue weighted by Gasteiger charge is 2.47. The molecule has 0 aliphatic heterocycles. The van der Waals surface area contributed by atoms with E-state index in [0.29, 0.717) is 17.1 Å². The van der Waals surface area contributed by atoms with Crippen molar-refractivity contribution >= 4 is 11.9 Å². The highest BCUT2D eigenvalue weighted by Crippen LogP contribution is 2.47. The molecule has 2 aromatic carbocycles. The lowest BCUT2D eigenvalue weighted by Gasteiger charge is -2.33. The van der Waals surface area contributed by atoms with Gasteiger partial charge in [0.1, 0.15) is 23.1 Å². The third-order valence-corrected chi connectivity index (χ3v) is 5.77. The van der Waals surface area contributed by atoms with E-state index in [0.717, 1.165) is 11.6 Å². The van der Waals surface area contributed by atoms with E-state index in [1.165, 1.54) is 19.2 Å². The first-order valence-electron chi connectivity index (χ1n) is 11.1. The van der Waals surface area contributed by atoms with E-state index in [9.17, 15) is 22.8 Å². The number of nitrogens with one attached hydrogen (secondary N) is 2. The monoisotopic (exact) mass is 487 g/mol. The molecule has 1 fully saturated rings. The molecule has 1 aromatic heterocycles. The summed E-state index contributed by atoms with van der Waals surface area (Å²) in [5.41, 5.74) is 1.83. The van der Waals surface area contributed by atoms with Gasteiger partial charge < -0.3 is 19.8 Å². The molecule has 1 aliphatic rings. The number of alkyl halides is 2. The molecule has 0 unspecified atom stereocenters. The van der Waals surface area contributed by atoms with E-state index >= 15 is 0 Å². The van der Waals surface area contributed by atoms with Crippen LogP contribution in [0.25, 0.3) is 11.3 Å². The largest absolute Gasteiger partial charge is 0.496 e. The maximum absolute atomic E-state index is 13.6. The summed E-state index contributed by atoms with van der Waals surface area (Å²) in [5.74, 6) is -4.26. The molecule has 0 radical (unpaired) electrons. The van der Waals surface area contributed by atoms with Crippen LogP contribution in [0.15, 0.2) is 42.5 Å². The Morgan fingerprint density at radius 3 is 2.51 bits per heavy atom. The molecule has 10 heteroatoms. The van der Waals surface area contributed by atoms with Gasteiger partial charge in [0.15, 0.2) is 5.69 Å². The van der Waals surface area contributed by atoms with Crippen LogP contribution in [0.1, 0.15) is 57.9 Å². The fourth-order valence-corrected chi connectivity index (χ4v) is 3.92. The molecule has 3 aromatic rings. The first kappa shape index (κ1) is 24.3. The Balaban J connectivity index is 1.50. The van der Waals surface area contributed by atoms with E-state index in [4.69, 9.17) is 9.47 Å². The second kappa shape index (κ2) is 9.81. The van der Waals surface area contributed by atoms with Crippen LogP contribution in [0, 0.1) is 5.82 Å². The zero-order valence-corrected chi connectivity index (χ0v) is 19.2. The van der Waals surface area contributed by atoms with Gasteiger partial charge in [0.05, 0.1) is 19.3 Å². The van der Waals surface area contributed by atoms with Gasteiger partial charge in [0.25, 0.3) is 5.91 Å². The van der Waals surface area contributed by atoms with E-state index in [1.54, 1.807) is 31.2 Å². The number of esters is 1. The van der Waals surface area contributed by atoms with E-state index in [2.05, 4.69) is 15.3 Å². The number of H-pyrrole nitrogens is 1. The summed E-state index contributed by atoms with van der Waals surface area (Å²) in [7, 11) is 1.39. The Labute approximate surface area is 199 Å². The number of methoxy groups -OCH3 is 1. The number of aromatic amines is 1. The fourth-order valence-electron chi connectivity index (χ4n) is 3.92. The summed E-state index contributed by atoms with van der Waals surface area (Å²) in [6.45, 7) is 1.99. The molecular weight excluding hydrogens is 463 g/mol. The molecule has 1 amide bonds. The Kier molecular flexibility index (Phi) is 6.81. The van der Waals surface area contributed by atoms with Crippen LogP contribution >= 0.6 is 0 Å². The number of carbonyl (C=O) groups excluding carboxylic acids is 2. The predicted octanol–water partition coefficient (Wildman–Crippen LogP) is 4.84. The first-order chi connectivity index (χ1) is 16.7. The maximum Gasteiger partial charge on any atom is 0.357 e. The Morgan fingerprint density at radius 1 is 1.17 bits per heavy atom. The number of ether oxygens (including phenoxy) is 2. The number of rotatable bonds is 8. The third-order valence-electron chi connectivity index (χ3n) is 5.77. The highest BCUT2D eigenvalue weighted by molar-refractivity contribution is 5.97. The zero-order valence-electron chi connectivity index (χ0n) is 19.2. The number of hydrogen-bond acceptors (Lipinski definition) is 5. The second-order valence-electron chi connectivity index (χ2n) is 8.25. The molecule has 35 heavy (non-hydrogen) atoms. The summed E-state index contributed by atoms with van der Waals surface area (Å²) in [4.78, 5) is 32.2. The van der Waals surface area contributed by atoms with Crippen molar-refractivity contribution in [2.75, 3.05) is 13.7 Å². The predicted molar refractivity (Wildman–Crippen MR) is 121 cm³/mol. The lowest BCUT2D eigenvalue weighted by molar-refractivity contribution is -0.0883. The molecule has 0 spiro atoms. The number of benzene rings is 2. The standard InChI is InChI=1S/C25H24F3N3O4/c1-3-35-24(33)21-20(30-22(31-21)16-11-25(27,28)12-16)15-6-4-14(5-7-15)13-29-23(32)18-10-17(26)8-9-19(18)34-2/h4-10,16H,3,11-13H2,1-2H3,(H,29,32)(H,30,31). The van der Waals surface area contributed by atoms with Gasteiger partial charge >= 0.3 is 5.97 Å². The molecule has 1 heterocycles. The van der Waals surface area contributed by atoms with Crippen LogP contribution < -0.4 is 10.1 Å². The van der Waals surface area contributed by atoms with E-state index in [1.807, 2.05) is 0 Å².